The summed E-state index contributed by atoms with van der Waals surface area (Å²) in [6.07, 6.45) is 7.19. The molecule has 0 atom stereocenters. The maximum atomic E-state index is 8.63. The molecule has 1 aromatic carbocycles. The Morgan fingerprint density at radius 3 is 1.52 bits per heavy atom. The Kier molecular flexibility index (Phi) is 5.46. The lowest BCUT2D eigenvalue weighted by molar-refractivity contribution is 0.475. The Morgan fingerprint density at radius 1 is 0.600 bits per heavy atom. The molecule has 0 aliphatic heterocycles. The van der Waals surface area contributed by atoms with Gasteiger partial charge in [-0.15, -0.1) is 0 Å². The number of aromatic nitrogens is 3. The summed E-state index contributed by atoms with van der Waals surface area (Å²) < 4.78 is 0. The molecule has 0 radical (unpaired) electrons. The van der Waals surface area contributed by atoms with Gasteiger partial charge in [-0.1, -0.05) is 30.3 Å². The van der Waals surface area contributed by atoms with E-state index in [1.807, 2.05) is 54.9 Å². The Labute approximate surface area is 146 Å². The molecular formula is C21H17N3O. The summed E-state index contributed by atoms with van der Waals surface area (Å²) in [5.74, 6) is 0.322. The quantitative estimate of drug-likeness (QED) is 0.584. The maximum Gasteiger partial charge on any atom is 0.115 e. The maximum absolute atomic E-state index is 8.63. The van der Waals surface area contributed by atoms with Crippen LogP contribution < -0.4 is 0 Å². The molecule has 4 heteroatoms. The third-order valence-electron chi connectivity index (χ3n) is 3.42. The van der Waals surface area contributed by atoms with Crippen LogP contribution in [0.5, 0.6) is 5.75 Å². The van der Waals surface area contributed by atoms with Crippen molar-refractivity contribution < 1.29 is 5.11 Å². The van der Waals surface area contributed by atoms with Gasteiger partial charge in [0, 0.05) is 35.9 Å². The topological polar surface area (TPSA) is 58.9 Å². The second-order valence-corrected chi connectivity index (χ2v) is 5.23. The van der Waals surface area contributed by atoms with E-state index < -0.39 is 0 Å². The van der Waals surface area contributed by atoms with Crippen molar-refractivity contribution in [3.05, 3.63) is 97.6 Å². The summed E-state index contributed by atoms with van der Waals surface area (Å²) in [6.45, 7) is 0. The van der Waals surface area contributed by atoms with E-state index in [0.717, 1.165) is 22.5 Å². The van der Waals surface area contributed by atoms with E-state index in [-0.39, 0.29) is 0 Å². The number of para-hydroxylation sites is 1. The lowest BCUT2D eigenvalue weighted by Crippen LogP contribution is -1.87. The fourth-order valence-electron chi connectivity index (χ4n) is 2.22. The van der Waals surface area contributed by atoms with Crippen molar-refractivity contribution in [1.82, 2.24) is 15.0 Å². The van der Waals surface area contributed by atoms with Crippen molar-refractivity contribution in [1.29, 1.82) is 0 Å². The van der Waals surface area contributed by atoms with Crippen LogP contribution in [0.15, 0.2) is 97.6 Å². The highest BCUT2D eigenvalue weighted by atomic mass is 16.3. The highest BCUT2D eigenvalue weighted by Gasteiger charge is 2.03. The molecule has 4 nitrogen and oxygen atoms in total. The van der Waals surface area contributed by atoms with Gasteiger partial charge in [-0.25, -0.2) is 0 Å². The molecule has 0 spiro atoms. The normalized spacial score (nSPS) is 9.76. The SMILES string of the molecule is Oc1ccccc1.c1ccc(-c2cncc(-c3ccccn3)c2)nc1. The van der Waals surface area contributed by atoms with Gasteiger partial charge in [0.05, 0.1) is 11.4 Å². The number of phenolic OH excluding ortho intramolecular Hbond substituents is 1. The molecule has 3 heterocycles. The largest absolute Gasteiger partial charge is 0.508 e. The van der Waals surface area contributed by atoms with Gasteiger partial charge in [-0.2, -0.15) is 0 Å². The Bertz CT molecular complexity index is 843. The molecule has 0 fully saturated rings. The van der Waals surface area contributed by atoms with E-state index in [1.54, 1.807) is 36.7 Å². The Hall–Kier alpha value is -3.53. The van der Waals surface area contributed by atoms with Crippen molar-refractivity contribution in [2.45, 2.75) is 0 Å². The van der Waals surface area contributed by atoms with Gasteiger partial charge in [-0.3, -0.25) is 15.0 Å². The number of rotatable bonds is 2. The molecule has 0 aliphatic carbocycles. The summed E-state index contributed by atoms with van der Waals surface area (Å²) in [6, 6.07) is 22.4. The predicted molar refractivity (Wildman–Crippen MR) is 98.8 cm³/mol. The number of nitrogens with zero attached hydrogens (tertiary/aromatic N) is 3. The second kappa shape index (κ2) is 8.36. The minimum atomic E-state index is 0.322. The molecule has 0 saturated carbocycles. The molecule has 0 saturated heterocycles. The zero-order valence-corrected chi connectivity index (χ0v) is 13.5. The molecule has 0 amide bonds. The number of hydrogen-bond donors (Lipinski definition) is 1. The highest BCUT2D eigenvalue weighted by Crippen LogP contribution is 2.22. The average Bonchev–Trinajstić information content (AvgIpc) is 2.71. The standard InChI is InChI=1S/C15H11N3.C6H6O/c1-3-7-17-14(5-1)12-9-13(11-16-10-12)15-6-2-4-8-18-15;7-6-4-2-1-3-5-6/h1-11H;1-5,7H. The van der Waals surface area contributed by atoms with Crippen molar-refractivity contribution in [3.63, 3.8) is 0 Å². The van der Waals surface area contributed by atoms with Gasteiger partial charge in [0.15, 0.2) is 0 Å². The van der Waals surface area contributed by atoms with Crippen LogP contribution in [0.3, 0.4) is 0 Å². The fourth-order valence-corrected chi connectivity index (χ4v) is 2.22. The molecule has 1 N–H and O–H groups in total. The summed E-state index contributed by atoms with van der Waals surface area (Å²) in [5, 5.41) is 8.63. The van der Waals surface area contributed by atoms with Crippen molar-refractivity contribution in [3.8, 4) is 28.3 Å². The first-order valence-electron chi connectivity index (χ1n) is 7.85. The molecule has 122 valence electrons. The fraction of sp³-hybridized carbons (Fsp3) is 0. The number of pyridine rings is 3. The van der Waals surface area contributed by atoms with Gasteiger partial charge in [-0.05, 0) is 42.5 Å². The van der Waals surface area contributed by atoms with Crippen LogP contribution in [-0.2, 0) is 0 Å². The molecule has 4 aromatic rings. The third kappa shape index (κ3) is 4.72. The Balaban J connectivity index is 0.000000219. The van der Waals surface area contributed by atoms with E-state index in [0.29, 0.717) is 5.75 Å². The first kappa shape index (κ1) is 16.3. The molecular weight excluding hydrogens is 310 g/mol. The van der Waals surface area contributed by atoms with Crippen LogP contribution in [0.25, 0.3) is 22.5 Å². The van der Waals surface area contributed by atoms with Gasteiger partial charge < -0.3 is 5.11 Å². The number of benzene rings is 1. The van der Waals surface area contributed by atoms with E-state index >= 15 is 0 Å². The molecule has 3 aromatic heterocycles. The van der Waals surface area contributed by atoms with Crippen molar-refractivity contribution in [2.75, 3.05) is 0 Å². The summed E-state index contributed by atoms with van der Waals surface area (Å²) in [5.41, 5.74) is 3.84. The highest BCUT2D eigenvalue weighted by molar-refractivity contribution is 5.67. The minimum Gasteiger partial charge on any atom is -0.508 e. The van der Waals surface area contributed by atoms with Crippen LogP contribution in [0.2, 0.25) is 0 Å². The van der Waals surface area contributed by atoms with Gasteiger partial charge in [0.2, 0.25) is 0 Å². The van der Waals surface area contributed by atoms with Crippen LogP contribution in [0.4, 0.5) is 0 Å². The number of phenols is 1. The lowest BCUT2D eigenvalue weighted by Gasteiger charge is -2.03. The molecule has 0 aliphatic rings. The number of hydrogen-bond acceptors (Lipinski definition) is 4. The minimum absolute atomic E-state index is 0.322. The van der Waals surface area contributed by atoms with Crippen LogP contribution >= 0.6 is 0 Å². The van der Waals surface area contributed by atoms with Crippen molar-refractivity contribution in [2.24, 2.45) is 0 Å². The van der Waals surface area contributed by atoms with Gasteiger partial charge >= 0.3 is 0 Å². The Morgan fingerprint density at radius 2 is 1.12 bits per heavy atom. The first-order valence-corrected chi connectivity index (χ1v) is 7.85. The average molecular weight is 327 g/mol. The van der Waals surface area contributed by atoms with Crippen molar-refractivity contribution >= 4 is 0 Å². The van der Waals surface area contributed by atoms with Gasteiger partial charge in [0.1, 0.15) is 5.75 Å². The zero-order valence-electron chi connectivity index (χ0n) is 13.5. The van der Waals surface area contributed by atoms with E-state index in [4.69, 9.17) is 5.11 Å². The number of aromatic hydroxyl groups is 1. The molecule has 0 unspecified atom stereocenters. The molecule has 4 rings (SSSR count). The summed E-state index contributed by atoms with van der Waals surface area (Å²) in [7, 11) is 0. The summed E-state index contributed by atoms with van der Waals surface area (Å²) >= 11 is 0. The van der Waals surface area contributed by atoms with Crippen LogP contribution in [-0.4, -0.2) is 20.1 Å². The monoisotopic (exact) mass is 327 g/mol. The molecule has 25 heavy (non-hydrogen) atoms. The van der Waals surface area contributed by atoms with Crippen LogP contribution in [0.1, 0.15) is 0 Å². The smallest absolute Gasteiger partial charge is 0.115 e. The van der Waals surface area contributed by atoms with E-state index in [9.17, 15) is 0 Å². The van der Waals surface area contributed by atoms with Gasteiger partial charge in [0.25, 0.3) is 0 Å². The van der Waals surface area contributed by atoms with E-state index in [2.05, 4.69) is 21.0 Å². The van der Waals surface area contributed by atoms with Crippen LogP contribution in [0, 0.1) is 0 Å². The zero-order chi connectivity index (χ0) is 17.3. The lowest BCUT2D eigenvalue weighted by atomic mass is 10.1. The second-order valence-electron chi connectivity index (χ2n) is 5.23. The third-order valence-corrected chi connectivity index (χ3v) is 3.42. The summed E-state index contributed by atoms with van der Waals surface area (Å²) in [4.78, 5) is 12.9. The van der Waals surface area contributed by atoms with E-state index in [1.165, 1.54) is 0 Å². The first-order chi connectivity index (χ1) is 12.3. The predicted octanol–water partition coefficient (Wildman–Crippen LogP) is 4.60. The molecule has 0 bridgehead atoms.